The molecule has 0 aliphatic carbocycles. The minimum Gasteiger partial charge on any atom is -0.390 e. The summed E-state index contributed by atoms with van der Waals surface area (Å²) in [4.78, 5) is 26.8. The standard InChI is InChI=1S/C15H24N4O2/c1-12(2)4-5-17-11-14(10-16)15(21)19-8-6-18(7-9-19)13(3)20/h11-12,17H,4-9H2,1-3H3/b14-11-. The number of carbonyl (C=O) groups excluding carboxylic acids is 2. The molecule has 0 saturated carbocycles. The monoisotopic (exact) mass is 292 g/mol. The summed E-state index contributed by atoms with van der Waals surface area (Å²) in [5.41, 5.74) is 0.120. The number of nitrogens with one attached hydrogen (secondary N) is 1. The van der Waals surface area contributed by atoms with Gasteiger partial charge in [0.25, 0.3) is 5.91 Å². The highest BCUT2D eigenvalue weighted by Gasteiger charge is 2.24. The highest BCUT2D eigenvalue weighted by atomic mass is 16.2. The summed E-state index contributed by atoms with van der Waals surface area (Å²) in [7, 11) is 0. The SMILES string of the molecule is CC(=O)N1CCN(C(=O)/C(C#N)=C\NCCC(C)C)CC1. The largest absolute Gasteiger partial charge is 0.390 e. The van der Waals surface area contributed by atoms with Crippen molar-refractivity contribution in [3.8, 4) is 6.07 Å². The molecule has 0 bridgehead atoms. The van der Waals surface area contributed by atoms with Gasteiger partial charge in [-0.15, -0.1) is 0 Å². The lowest BCUT2D eigenvalue weighted by Gasteiger charge is -2.34. The molecule has 6 heteroatoms. The summed E-state index contributed by atoms with van der Waals surface area (Å²) < 4.78 is 0. The fourth-order valence-corrected chi connectivity index (χ4v) is 2.08. The van der Waals surface area contributed by atoms with Crippen LogP contribution in [0.3, 0.4) is 0 Å². The Bertz CT molecular complexity index is 443. The van der Waals surface area contributed by atoms with Crippen molar-refractivity contribution in [3.05, 3.63) is 11.8 Å². The van der Waals surface area contributed by atoms with Gasteiger partial charge in [-0.05, 0) is 12.3 Å². The van der Waals surface area contributed by atoms with Crippen molar-refractivity contribution in [1.29, 1.82) is 5.26 Å². The van der Waals surface area contributed by atoms with Crippen LogP contribution in [0.15, 0.2) is 11.8 Å². The van der Waals surface area contributed by atoms with Gasteiger partial charge in [0.2, 0.25) is 5.91 Å². The highest BCUT2D eigenvalue weighted by molar-refractivity contribution is 5.97. The Hall–Kier alpha value is -2.03. The predicted octanol–water partition coefficient (Wildman–Crippen LogP) is 0.720. The molecule has 1 aliphatic rings. The molecule has 21 heavy (non-hydrogen) atoms. The molecule has 0 aromatic rings. The molecule has 1 fully saturated rings. The number of amides is 2. The molecule has 0 aromatic carbocycles. The van der Waals surface area contributed by atoms with Crippen LogP contribution in [-0.4, -0.2) is 54.3 Å². The van der Waals surface area contributed by atoms with Crippen LogP contribution in [0.2, 0.25) is 0 Å². The molecule has 1 rings (SSSR count). The molecule has 0 spiro atoms. The molecule has 1 heterocycles. The summed E-state index contributed by atoms with van der Waals surface area (Å²) >= 11 is 0. The maximum Gasteiger partial charge on any atom is 0.266 e. The second-order valence-corrected chi connectivity index (χ2v) is 5.60. The smallest absolute Gasteiger partial charge is 0.266 e. The van der Waals surface area contributed by atoms with Gasteiger partial charge in [0.05, 0.1) is 0 Å². The van der Waals surface area contributed by atoms with Crippen molar-refractivity contribution >= 4 is 11.8 Å². The first-order chi connectivity index (χ1) is 9.95. The topological polar surface area (TPSA) is 76.4 Å². The molecule has 0 unspecified atom stereocenters. The zero-order chi connectivity index (χ0) is 15.8. The van der Waals surface area contributed by atoms with Gasteiger partial charge >= 0.3 is 0 Å². The summed E-state index contributed by atoms with van der Waals surface area (Å²) in [6.07, 6.45) is 2.49. The van der Waals surface area contributed by atoms with Gasteiger partial charge in [0.1, 0.15) is 11.6 Å². The Morgan fingerprint density at radius 2 is 1.81 bits per heavy atom. The molecule has 2 amide bonds. The number of nitrogens with zero attached hydrogens (tertiary/aromatic N) is 3. The van der Waals surface area contributed by atoms with E-state index in [1.807, 2.05) is 6.07 Å². The predicted molar refractivity (Wildman–Crippen MR) is 80.0 cm³/mol. The Kier molecular flexibility index (Phi) is 6.73. The van der Waals surface area contributed by atoms with Crippen molar-refractivity contribution in [2.24, 2.45) is 5.92 Å². The van der Waals surface area contributed by atoms with Crippen LogP contribution in [-0.2, 0) is 9.59 Å². The molecule has 116 valence electrons. The van der Waals surface area contributed by atoms with Crippen LogP contribution in [0.4, 0.5) is 0 Å². The Morgan fingerprint density at radius 1 is 1.24 bits per heavy atom. The van der Waals surface area contributed by atoms with Crippen LogP contribution in [0.1, 0.15) is 27.2 Å². The van der Waals surface area contributed by atoms with Crippen molar-refractivity contribution in [3.63, 3.8) is 0 Å². The third-order valence-corrected chi connectivity index (χ3v) is 3.48. The average molecular weight is 292 g/mol. The zero-order valence-electron chi connectivity index (χ0n) is 13.1. The first-order valence-electron chi connectivity index (χ1n) is 7.34. The number of nitriles is 1. The summed E-state index contributed by atoms with van der Waals surface area (Å²) in [6.45, 7) is 8.52. The number of hydrogen-bond acceptors (Lipinski definition) is 4. The quantitative estimate of drug-likeness (QED) is 0.460. The second kappa shape index (κ2) is 8.30. The lowest BCUT2D eigenvalue weighted by molar-refractivity contribution is -0.136. The van der Waals surface area contributed by atoms with Gasteiger partial charge in [-0.1, -0.05) is 13.8 Å². The van der Waals surface area contributed by atoms with Crippen molar-refractivity contribution in [2.75, 3.05) is 32.7 Å². The van der Waals surface area contributed by atoms with Gasteiger partial charge in [-0.25, -0.2) is 0 Å². The van der Waals surface area contributed by atoms with Crippen LogP contribution >= 0.6 is 0 Å². The van der Waals surface area contributed by atoms with E-state index in [0.717, 1.165) is 13.0 Å². The van der Waals surface area contributed by atoms with Gasteiger partial charge in [0.15, 0.2) is 0 Å². The van der Waals surface area contributed by atoms with E-state index in [2.05, 4.69) is 19.2 Å². The summed E-state index contributed by atoms with van der Waals surface area (Å²) in [5, 5.41) is 12.1. The van der Waals surface area contributed by atoms with Gasteiger partial charge < -0.3 is 15.1 Å². The second-order valence-electron chi connectivity index (χ2n) is 5.60. The first-order valence-corrected chi connectivity index (χ1v) is 7.34. The first kappa shape index (κ1) is 17.0. The third kappa shape index (κ3) is 5.46. The van der Waals surface area contributed by atoms with Crippen molar-refractivity contribution in [2.45, 2.75) is 27.2 Å². The van der Waals surface area contributed by atoms with Crippen LogP contribution < -0.4 is 5.32 Å². The molecular weight excluding hydrogens is 268 g/mol. The Balaban J connectivity index is 2.50. The van der Waals surface area contributed by atoms with Crippen molar-refractivity contribution < 1.29 is 9.59 Å². The van der Waals surface area contributed by atoms with E-state index in [-0.39, 0.29) is 17.4 Å². The molecule has 0 atom stereocenters. The zero-order valence-corrected chi connectivity index (χ0v) is 13.1. The maximum absolute atomic E-state index is 12.2. The highest BCUT2D eigenvalue weighted by Crippen LogP contribution is 2.07. The summed E-state index contributed by atoms with van der Waals surface area (Å²) in [6, 6.07) is 1.95. The van der Waals surface area contributed by atoms with Crippen LogP contribution in [0, 0.1) is 17.2 Å². The van der Waals surface area contributed by atoms with Gasteiger partial charge in [0, 0.05) is 45.8 Å². The van der Waals surface area contributed by atoms with E-state index in [9.17, 15) is 9.59 Å². The third-order valence-electron chi connectivity index (χ3n) is 3.48. The average Bonchev–Trinajstić information content (AvgIpc) is 2.46. The molecule has 6 nitrogen and oxygen atoms in total. The molecule has 1 saturated heterocycles. The van der Waals surface area contributed by atoms with E-state index in [1.54, 1.807) is 9.80 Å². The number of hydrogen-bond donors (Lipinski definition) is 1. The Morgan fingerprint density at radius 3 is 2.29 bits per heavy atom. The molecule has 0 radical (unpaired) electrons. The lowest BCUT2D eigenvalue weighted by Crippen LogP contribution is -2.50. The van der Waals surface area contributed by atoms with E-state index < -0.39 is 0 Å². The fourth-order valence-electron chi connectivity index (χ4n) is 2.08. The van der Waals surface area contributed by atoms with E-state index in [0.29, 0.717) is 32.1 Å². The van der Waals surface area contributed by atoms with Crippen molar-refractivity contribution in [1.82, 2.24) is 15.1 Å². The summed E-state index contributed by atoms with van der Waals surface area (Å²) in [5.74, 6) is 0.332. The Labute approximate surface area is 126 Å². The van der Waals surface area contributed by atoms with Crippen LogP contribution in [0.5, 0.6) is 0 Å². The minimum absolute atomic E-state index is 0.0218. The van der Waals surface area contributed by atoms with E-state index >= 15 is 0 Å². The molecular formula is C15H24N4O2. The maximum atomic E-state index is 12.2. The van der Waals surface area contributed by atoms with Gasteiger partial charge in [-0.2, -0.15) is 5.26 Å². The van der Waals surface area contributed by atoms with Crippen LogP contribution in [0.25, 0.3) is 0 Å². The molecule has 1 N–H and O–H groups in total. The van der Waals surface area contributed by atoms with E-state index in [1.165, 1.54) is 13.1 Å². The molecule has 0 aromatic heterocycles. The minimum atomic E-state index is -0.266. The fraction of sp³-hybridized carbons (Fsp3) is 0.667. The lowest BCUT2D eigenvalue weighted by atomic mass is 10.1. The number of carbonyl (C=O) groups is 2. The van der Waals surface area contributed by atoms with Gasteiger partial charge in [-0.3, -0.25) is 9.59 Å². The number of rotatable bonds is 5. The van der Waals surface area contributed by atoms with E-state index in [4.69, 9.17) is 5.26 Å². The number of piperazine rings is 1. The normalized spacial score (nSPS) is 15.9. The molecule has 1 aliphatic heterocycles.